The molecular formula is C17H27. The molecule has 0 aromatic heterocycles. The minimum atomic E-state index is 0.714. The van der Waals surface area contributed by atoms with Crippen molar-refractivity contribution in [1.29, 1.82) is 0 Å². The zero-order valence-electron chi connectivity index (χ0n) is 11.4. The van der Waals surface area contributed by atoms with Gasteiger partial charge in [0, 0.05) is 0 Å². The van der Waals surface area contributed by atoms with Crippen molar-refractivity contribution in [1.82, 2.24) is 0 Å². The maximum absolute atomic E-state index is 2.64. The minimum Gasteiger partial charge on any atom is -0.0593 e. The van der Waals surface area contributed by atoms with Crippen LogP contribution in [0.2, 0.25) is 0 Å². The number of rotatable bonds is 1. The molecule has 17 heavy (non-hydrogen) atoms. The van der Waals surface area contributed by atoms with Gasteiger partial charge in [-0.1, -0.05) is 26.2 Å². The lowest BCUT2D eigenvalue weighted by Crippen LogP contribution is -2.50. The number of hydrogen-bond donors (Lipinski definition) is 0. The topological polar surface area (TPSA) is 0 Å². The molecule has 5 aliphatic carbocycles. The van der Waals surface area contributed by atoms with Gasteiger partial charge in [0.05, 0.1) is 0 Å². The largest absolute Gasteiger partial charge is 0.0593 e. The summed E-state index contributed by atoms with van der Waals surface area (Å²) in [6.07, 6.45) is 15.5. The lowest BCUT2D eigenvalue weighted by Gasteiger charge is -2.60. The second-order valence-electron chi connectivity index (χ2n) is 7.96. The first-order chi connectivity index (χ1) is 8.24. The molecule has 5 saturated carbocycles. The monoisotopic (exact) mass is 231 g/mol. The van der Waals surface area contributed by atoms with Crippen LogP contribution < -0.4 is 0 Å². The fraction of sp³-hybridized carbons (Fsp3) is 0.941. The highest BCUT2D eigenvalue weighted by atomic mass is 14.6. The van der Waals surface area contributed by atoms with Crippen LogP contribution in [0.25, 0.3) is 0 Å². The summed E-state index contributed by atoms with van der Waals surface area (Å²) >= 11 is 0. The quantitative estimate of drug-likeness (QED) is 0.596. The average Bonchev–Trinajstić information content (AvgIpc) is 2.27. The van der Waals surface area contributed by atoms with Gasteiger partial charge in [-0.05, 0) is 80.0 Å². The Morgan fingerprint density at radius 2 is 1.53 bits per heavy atom. The van der Waals surface area contributed by atoms with Gasteiger partial charge in [-0.25, -0.2) is 0 Å². The summed E-state index contributed by atoms with van der Waals surface area (Å²) in [5, 5.41) is 0. The average molecular weight is 231 g/mol. The maximum Gasteiger partial charge on any atom is -0.0196 e. The molecule has 3 unspecified atom stereocenters. The van der Waals surface area contributed by atoms with E-state index in [4.69, 9.17) is 0 Å². The third kappa shape index (κ3) is 1.62. The molecule has 5 rings (SSSR count). The van der Waals surface area contributed by atoms with Crippen molar-refractivity contribution in [3.63, 3.8) is 0 Å². The third-order valence-corrected chi connectivity index (χ3v) is 6.70. The van der Waals surface area contributed by atoms with Gasteiger partial charge < -0.3 is 0 Å². The molecule has 0 aliphatic heterocycles. The smallest absolute Gasteiger partial charge is 0.0196 e. The van der Waals surface area contributed by atoms with E-state index in [0.29, 0.717) is 5.41 Å². The van der Waals surface area contributed by atoms with Crippen LogP contribution in [-0.2, 0) is 0 Å². The minimum absolute atomic E-state index is 0.714. The first-order valence-electron chi connectivity index (χ1n) is 8.09. The van der Waals surface area contributed by atoms with Gasteiger partial charge in [-0.2, -0.15) is 0 Å². The van der Waals surface area contributed by atoms with Gasteiger partial charge in [-0.15, -0.1) is 0 Å². The highest BCUT2D eigenvalue weighted by Gasteiger charge is 2.54. The Labute approximate surface area is 107 Å². The van der Waals surface area contributed by atoms with Crippen LogP contribution in [-0.4, -0.2) is 0 Å². The zero-order valence-corrected chi connectivity index (χ0v) is 11.4. The summed E-state index contributed by atoms with van der Waals surface area (Å²) in [4.78, 5) is 0. The Hall–Kier alpha value is 0. The molecule has 0 amide bonds. The van der Waals surface area contributed by atoms with Crippen molar-refractivity contribution >= 4 is 0 Å². The molecule has 0 saturated heterocycles. The molecule has 0 aromatic carbocycles. The molecule has 3 atom stereocenters. The van der Waals surface area contributed by atoms with Gasteiger partial charge >= 0.3 is 0 Å². The summed E-state index contributed by atoms with van der Waals surface area (Å²) in [6, 6.07) is 0. The van der Waals surface area contributed by atoms with Crippen molar-refractivity contribution in [2.45, 2.75) is 71.1 Å². The lowest BCUT2D eigenvalue weighted by atomic mass is 9.45. The third-order valence-electron chi connectivity index (χ3n) is 6.70. The van der Waals surface area contributed by atoms with Crippen LogP contribution in [0.5, 0.6) is 0 Å². The van der Waals surface area contributed by atoms with Gasteiger partial charge in [0.1, 0.15) is 0 Å². The van der Waals surface area contributed by atoms with E-state index in [-0.39, 0.29) is 0 Å². The molecular weight excluding hydrogens is 204 g/mol. The highest BCUT2D eigenvalue weighted by molar-refractivity contribution is 5.17. The van der Waals surface area contributed by atoms with Crippen LogP contribution in [0.4, 0.5) is 0 Å². The van der Waals surface area contributed by atoms with Crippen molar-refractivity contribution in [3.8, 4) is 0 Å². The molecule has 1 radical (unpaired) electrons. The van der Waals surface area contributed by atoms with Crippen LogP contribution in [0, 0.1) is 35.0 Å². The Morgan fingerprint density at radius 3 is 2.12 bits per heavy atom. The molecule has 0 nitrogen and oxygen atoms in total. The summed E-state index contributed by atoms with van der Waals surface area (Å²) in [5.41, 5.74) is 0.714. The Kier molecular flexibility index (Phi) is 2.40. The standard InChI is InChI=1S/C17H27/c1-17(5-3-2-4-6-17)16-14-8-12-7-13(10-14)11-15(16)9-12/h12-14,16H,2-11H2,1H3. The van der Waals surface area contributed by atoms with E-state index in [1.54, 1.807) is 19.3 Å². The first kappa shape index (κ1) is 10.9. The van der Waals surface area contributed by atoms with Gasteiger partial charge in [0.2, 0.25) is 0 Å². The summed E-state index contributed by atoms with van der Waals surface area (Å²) in [7, 11) is 0. The van der Waals surface area contributed by atoms with E-state index < -0.39 is 0 Å². The molecule has 0 aromatic rings. The second kappa shape index (κ2) is 3.75. The summed E-state index contributed by atoms with van der Waals surface area (Å²) in [6.45, 7) is 2.64. The molecule has 0 N–H and O–H groups in total. The Bertz CT molecular complexity index is 269. The second-order valence-corrected chi connectivity index (χ2v) is 7.96. The SMILES string of the molecule is CC1(C2[C]3CC4CC(C3)CC2C4)CCCCC1. The van der Waals surface area contributed by atoms with Crippen LogP contribution in [0.15, 0.2) is 0 Å². The lowest BCUT2D eigenvalue weighted by molar-refractivity contribution is -0.0340. The van der Waals surface area contributed by atoms with E-state index in [0.717, 1.165) is 23.7 Å². The molecule has 0 spiro atoms. The van der Waals surface area contributed by atoms with E-state index >= 15 is 0 Å². The van der Waals surface area contributed by atoms with Crippen molar-refractivity contribution in [2.24, 2.45) is 29.1 Å². The van der Waals surface area contributed by atoms with Crippen molar-refractivity contribution in [2.75, 3.05) is 0 Å². The Morgan fingerprint density at radius 1 is 0.882 bits per heavy atom. The van der Waals surface area contributed by atoms with Gasteiger partial charge in [-0.3, -0.25) is 0 Å². The predicted molar refractivity (Wildman–Crippen MR) is 71.5 cm³/mol. The first-order valence-corrected chi connectivity index (χ1v) is 8.09. The van der Waals surface area contributed by atoms with E-state index in [1.807, 2.05) is 5.92 Å². The predicted octanol–water partition coefficient (Wildman–Crippen LogP) is 4.99. The normalized spacial score (nSPS) is 48.5. The summed E-state index contributed by atoms with van der Waals surface area (Å²) in [5.74, 6) is 6.44. The Balaban J connectivity index is 1.61. The van der Waals surface area contributed by atoms with E-state index in [1.165, 1.54) is 44.9 Å². The molecule has 0 heteroatoms. The van der Waals surface area contributed by atoms with Crippen LogP contribution in [0.1, 0.15) is 71.1 Å². The number of hydrogen-bond acceptors (Lipinski definition) is 0. The molecule has 5 aliphatic rings. The van der Waals surface area contributed by atoms with E-state index in [9.17, 15) is 0 Å². The van der Waals surface area contributed by atoms with Crippen molar-refractivity contribution in [3.05, 3.63) is 5.92 Å². The summed E-state index contributed by atoms with van der Waals surface area (Å²) < 4.78 is 0. The van der Waals surface area contributed by atoms with Gasteiger partial charge in [0.25, 0.3) is 0 Å². The molecule has 5 fully saturated rings. The van der Waals surface area contributed by atoms with Crippen molar-refractivity contribution < 1.29 is 0 Å². The van der Waals surface area contributed by atoms with Crippen LogP contribution in [0.3, 0.4) is 0 Å². The maximum atomic E-state index is 2.64. The zero-order chi connectivity index (χ0) is 11.5. The molecule has 0 heterocycles. The highest BCUT2D eigenvalue weighted by Crippen LogP contribution is 2.64. The molecule has 95 valence electrons. The van der Waals surface area contributed by atoms with Gasteiger partial charge in [0.15, 0.2) is 0 Å². The van der Waals surface area contributed by atoms with E-state index in [2.05, 4.69) is 6.92 Å². The molecule has 4 bridgehead atoms. The fourth-order valence-electron chi connectivity index (χ4n) is 6.37. The van der Waals surface area contributed by atoms with Crippen LogP contribution >= 0.6 is 0 Å². The fourth-order valence-corrected chi connectivity index (χ4v) is 6.37.